The first-order valence-electron chi connectivity index (χ1n) is 25.9. The van der Waals surface area contributed by atoms with Crippen LogP contribution in [0.2, 0.25) is 0 Å². The van der Waals surface area contributed by atoms with E-state index in [-0.39, 0.29) is 37.8 Å². The molecule has 0 aromatic carbocycles. The molecule has 4 unspecified atom stereocenters. The van der Waals surface area contributed by atoms with E-state index < -0.39 is 77.5 Å². The van der Waals surface area contributed by atoms with Crippen LogP contribution in [-0.2, 0) is 51.4 Å². The molecule has 394 valence electrons. The maximum atomic E-state index is 13.6. The Labute approximate surface area is 403 Å². The molecule has 2 amide bonds. The minimum absolute atomic E-state index is 0.00626. The monoisotopic (exact) mass is 999 g/mol. The number of carboxylic acid groups (broad SMARTS) is 1. The second-order valence-corrected chi connectivity index (χ2v) is 20.6. The van der Waals surface area contributed by atoms with E-state index in [1.165, 1.54) is 77.0 Å². The van der Waals surface area contributed by atoms with Crippen LogP contribution in [0, 0.1) is 5.92 Å². The predicted octanol–water partition coefficient (Wildman–Crippen LogP) is 10.9. The second kappa shape index (κ2) is 42.6. The zero-order valence-electron chi connectivity index (χ0n) is 41.6. The summed E-state index contributed by atoms with van der Waals surface area (Å²) in [5.41, 5.74) is 0. The van der Waals surface area contributed by atoms with Crippen molar-refractivity contribution in [2.75, 3.05) is 26.4 Å². The maximum absolute atomic E-state index is 13.6. The van der Waals surface area contributed by atoms with Crippen LogP contribution < -0.4 is 10.6 Å². The molecule has 0 heterocycles. The Morgan fingerprint density at radius 2 is 1.00 bits per heavy atom. The number of carboxylic acids is 1. The number of amides is 2. The third-order valence-corrected chi connectivity index (χ3v) is 13.2. The minimum Gasteiger partial charge on any atom is -0.481 e. The van der Waals surface area contributed by atoms with Crippen molar-refractivity contribution in [3.8, 4) is 0 Å². The van der Waals surface area contributed by atoms with Crippen LogP contribution in [0.3, 0.4) is 0 Å². The highest BCUT2D eigenvalue weighted by molar-refractivity contribution is 7.47. The number of nitrogens with one attached hydrogen (secondary N) is 2. The molecule has 0 aliphatic heterocycles. The van der Waals surface area contributed by atoms with Gasteiger partial charge in [-0.2, -0.15) is 0 Å². The average molecular weight is 999 g/mol. The molecule has 67 heavy (non-hydrogen) atoms. The molecule has 0 spiro atoms. The molecule has 0 radical (unpaired) electrons. The minimum atomic E-state index is -4.84. The fraction of sp³-hybridized carbons (Fsp3) is 0.896. The summed E-state index contributed by atoms with van der Waals surface area (Å²) in [6, 6.07) is -1.27. The van der Waals surface area contributed by atoms with Crippen LogP contribution in [0.5, 0.6) is 0 Å². The number of hydrogen-bond donors (Lipinski definition) is 6. The summed E-state index contributed by atoms with van der Waals surface area (Å²) in [4.78, 5) is 91.7. The Balaban J connectivity index is 5.37. The quantitative estimate of drug-likeness (QED) is 0.0143. The van der Waals surface area contributed by atoms with Gasteiger partial charge in [0.1, 0.15) is 18.1 Å². The number of ether oxygens (including phenoxy) is 1. The summed E-state index contributed by atoms with van der Waals surface area (Å²) in [6.45, 7) is 4.44. The van der Waals surface area contributed by atoms with E-state index in [1.54, 1.807) is 0 Å². The topological polar surface area (TPSA) is 261 Å². The second-order valence-electron chi connectivity index (χ2n) is 17.9. The molecule has 4 atom stereocenters. The van der Waals surface area contributed by atoms with Gasteiger partial charge in [0.25, 0.3) is 0 Å². The lowest BCUT2D eigenvalue weighted by molar-refractivity contribution is -0.150. The zero-order chi connectivity index (χ0) is 50.0. The van der Waals surface area contributed by atoms with Gasteiger partial charge in [-0.1, -0.05) is 162 Å². The molecule has 6 N–H and O–H groups in total. The molecule has 0 bridgehead atoms. The Hall–Kier alpha value is -2.23. The van der Waals surface area contributed by atoms with E-state index in [0.29, 0.717) is 32.1 Å². The first-order valence-corrected chi connectivity index (χ1v) is 28.9. The average Bonchev–Trinajstić information content (AvgIpc) is 3.27. The summed E-state index contributed by atoms with van der Waals surface area (Å²) < 4.78 is 44.0. The molecule has 19 heteroatoms. The number of ketones is 1. The lowest BCUT2D eigenvalue weighted by Crippen LogP contribution is -2.44. The van der Waals surface area contributed by atoms with E-state index in [9.17, 15) is 43.1 Å². The number of hydrogen-bond acceptors (Lipinski definition) is 11. The number of phosphoric ester groups is 2. The van der Waals surface area contributed by atoms with Gasteiger partial charge in [-0.15, -0.1) is 0 Å². The van der Waals surface area contributed by atoms with Crippen LogP contribution in [0.1, 0.15) is 233 Å². The first kappa shape index (κ1) is 64.8. The maximum Gasteiger partial charge on any atom is 0.472 e. The predicted molar refractivity (Wildman–Crippen MR) is 260 cm³/mol. The highest BCUT2D eigenvalue weighted by Crippen LogP contribution is 2.43. The van der Waals surface area contributed by atoms with E-state index in [4.69, 9.17) is 23.6 Å². The number of esters is 1. The number of unbranched alkanes of at least 4 members (excludes halogenated alkanes) is 22. The van der Waals surface area contributed by atoms with Gasteiger partial charge in [0.05, 0.1) is 19.8 Å². The van der Waals surface area contributed by atoms with Crippen molar-refractivity contribution in [1.29, 1.82) is 0 Å². The molecule has 17 nitrogen and oxygen atoms in total. The van der Waals surface area contributed by atoms with Crippen molar-refractivity contribution in [3.63, 3.8) is 0 Å². The summed E-state index contributed by atoms with van der Waals surface area (Å²) >= 11 is 0. The van der Waals surface area contributed by atoms with Gasteiger partial charge in [0.2, 0.25) is 11.8 Å². The van der Waals surface area contributed by atoms with E-state index in [2.05, 4.69) is 35.9 Å². The smallest absolute Gasteiger partial charge is 0.472 e. The summed E-state index contributed by atoms with van der Waals surface area (Å²) in [5, 5.41) is 14.4. The van der Waals surface area contributed by atoms with Crippen LogP contribution in [0.25, 0.3) is 0 Å². The number of carbonyl (C=O) groups excluding carboxylic acids is 4. The molecule has 0 fully saturated rings. The molecule has 0 saturated carbocycles. The standard InChI is InChI=1S/C48H92N2O15P2/c1-4-7-10-13-15-17-18-20-21-24-27-35-45(52)50-43(40-64-67(60,61)63-39-37-49-47(54)42(48(55)56)33-30-38-62-66(57,58)59)44(51)34-29-32-41(31-26-23-12-9-6-3)65-46(53)36-28-25-22-19-16-14-11-8-5-2/h41-43H,4-40H2,1-3H3,(H,49,54)(H,50,52)(H,55,56)(H,60,61)(H2,57,58,59). The van der Waals surface area contributed by atoms with Gasteiger partial charge < -0.3 is 35.2 Å². The molecule has 0 aromatic heterocycles. The van der Waals surface area contributed by atoms with E-state index >= 15 is 0 Å². The molecule has 0 aliphatic rings. The fourth-order valence-electron chi connectivity index (χ4n) is 7.67. The summed E-state index contributed by atoms with van der Waals surface area (Å²) in [7, 11) is -9.60. The van der Waals surface area contributed by atoms with Crippen LogP contribution in [0.15, 0.2) is 0 Å². The number of rotatable bonds is 49. The molecular formula is C48H92N2O15P2. The number of carbonyl (C=O) groups is 5. The lowest BCUT2D eigenvalue weighted by Gasteiger charge is -2.21. The van der Waals surface area contributed by atoms with E-state index in [0.717, 1.165) is 77.0 Å². The van der Waals surface area contributed by atoms with Crippen LogP contribution in [0.4, 0.5) is 0 Å². The van der Waals surface area contributed by atoms with Gasteiger partial charge in [-0.3, -0.25) is 37.5 Å². The van der Waals surface area contributed by atoms with Gasteiger partial charge in [0.15, 0.2) is 5.78 Å². The fourth-order valence-corrected chi connectivity index (χ4v) is 8.78. The summed E-state index contributed by atoms with van der Waals surface area (Å²) in [5.74, 6) is -5.09. The molecule has 0 aliphatic carbocycles. The van der Waals surface area contributed by atoms with Crippen molar-refractivity contribution in [1.82, 2.24) is 10.6 Å². The Morgan fingerprint density at radius 3 is 1.51 bits per heavy atom. The SMILES string of the molecule is CCCCCCCCCCCCCC(=O)NC(COP(=O)(O)OCCNC(=O)C(CCCOP(=O)(O)O)C(=O)O)C(=O)CCCC(CCCCCCC)OC(=O)CCCCCCCCCCC. The summed E-state index contributed by atoms with van der Waals surface area (Å²) in [6.07, 6.45) is 28.9. The van der Waals surface area contributed by atoms with E-state index in [1.807, 2.05) is 0 Å². The molecule has 0 rings (SSSR count). The third kappa shape index (κ3) is 41.3. The zero-order valence-corrected chi connectivity index (χ0v) is 43.4. The van der Waals surface area contributed by atoms with Crippen LogP contribution >= 0.6 is 15.6 Å². The molecule has 0 saturated heterocycles. The number of phosphoric acid groups is 2. The van der Waals surface area contributed by atoms with Crippen molar-refractivity contribution in [3.05, 3.63) is 0 Å². The normalized spacial score (nSPS) is 13.9. The number of aliphatic carboxylic acids is 1. The third-order valence-electron chi connectivity index (χ3n) is 11.7. The Morgan fingerprint density at radius 1 is 0.522 bits per heavy atom. The highest BCUT2D eigenvalue weighted by Gasteiger charge is 2.29. The van der Waals surface area contributed by atoms with Crippen LogP contribution in [-0.4, -0.2) is 87.8 Å². The van der Waals surface area contributed by atoms with Crippen molar-refractivity contribution in [2.45, 2.75) is 245 Å². The lowest BCUT2D eigenvalue weighted by atomic mass is 10.0. The van der Waals surface area contributed by atoms with Gasteiger partial charge in [0, 0.05) is 25.8 Å². The molecule has 0 aromatic rings. The van der Waals surface area contributed by atoms with Crippen molar-refractivity contribution in [2.24, 2.45) is 5.92 Å². The van der Waals surface area contributed by atoms with Gasteiger partial charge in [-0.05, 0) is 51.4 Å². The Kier molecular flexibility index (Phi) is 41.2. The van der Waals surface area contributed by atoms with Crippen molar-refractivity contribution >= 4 is 45.2 Å². The number of Topliss-reactive ketones (excluding diaryl/α,β-unsaturated/α-hetero) is 1. The largest absolute Gasteiger partial charge is 0.481 e. The van der Waals surface area contributed by atoms with Gasteiger partial charge in [-0.25, -0.2) is 9.13 Å². The first-order chi connectivity index (χ1) is 32.0. The van der Waals surface area contributed by atoms with Crippen molar-refractivity contribution < 1.29 is 71.2 Å². The Bertz CT molecular complexity index is 1400. The highest BCUT2D eigenvalue weighted by atomic mass is 31.2. The van der Waals surface area contributed by atoms with Gasteiger partial charge >= 0.3 is 27.6 Å². The molecular weight excluding hydrogens is 906 g/mol.